The highest BCUT2D eigenvalue weighted by atomic mass is 15.2. The molecular weight excluding hydrogens is 238 g/mol. The summed E-state index contributed by atoms with van der Waals surface area (Å²) < 4.78 is 2.06. The molecule has 2 rings (SSSR count). The van der Waals surface area contributed by atoms with Crippen LogP contribution in [0.5, 0.6) is 0 Å². The number of hydrogen-bond acceptors (Lipinski definition) is 4. The van der Waals surface area contributed by atoms with Gasteiger partial charge in [-0.1, -0.05) is 6.07 Å². The zero-order chi connectivity index (χ0) is 13.5. The molecule has 0 amide bonds. The topological polar surface area (TPSA) is 46.0 Å². The minimum atomic E-state index is 0.865. The molecule has 2 aromatic rings. The zero-order valence-electron chi connectivity index (χ0n) is 11.6. The van der Waals surface area contributed by atoms with Crippen molar-refractivity contribution in [3.05, 3.63) is 48.3 Å². The Morgan fingerprint density at radius 1 is 1.37 bits per heavy atom. The number of likely N-dealkylation sites (N-methyl/N-ethyl adjacent to an activating group) is 1. The SMILES string of the molecule is CN(CCNCc1cccnc1)Cc1nccn1C. The van der Waals surface area contributed by atoms with Crippen molar-refractivity contribution in [2.24, 2.45) is 7.05 Å². The Hall–Kier alpha value is -1.72. The summed E-state index contributed by atoms with van der Waals surface area (Å²) in [6.45, 7) is 3.69. The van der Waals surface area contributed by atoms with Crippen molar-refractivity contribution in [1.29, 1.82) is 0 Å². The molecular formula is C14H21N5. The Bertz CT molecular complexity index is 480. The molecule has 0 aliphatic rings. The number of nitrogens with one attached hydrogen (secondary N) is 1. The van der Waals surface area contributed by atoms with Crippen LogP contribution in [-0.2, 0) is 20.1 Å². The lowest BCUT2D eigenvalue weighted by atomic mass is 10.3. The van der Waals surface area contributed by atoms with E-state index >= 15 is 0 Å². The van der Waals surface area contributed by atoms with E-state index in [4.69, 9.17) is 0 Å². The van der Waals surface area contributed by atoms with E-state index in [2.05, 4.69) is 37.9 Å². The summed E-state index contributed by atoms with van der Waals surface area (Å²) in [5.41, 5.74) is 1.22. The molecule has 0 spiro atoms. The van der Waals surface area contributed by atoms with Crippen molar-refractivity contribution in [3.8, 4) is 0 Å². The van der Waals surface area contributed by atoms with Crippen molar-refractivity contribution < 1.29 is 0 Å². The van der Waals surface area contributed by atoms with Gasteiger partial charge in [0.15, 0.2) is 0 Å². The average molecular weight is 259 g/mol. The van der Waals surface area contributed by atoms with Gasteiger partial charge in [0.2, 0.25) is 0 Å². The number of imidazole rings is 1. The van der Waals surface area contributed by atoms with Gasteiger partial charge in [0.05, 0.1) is 6.54 Å². The fraction of sp³-hybridized carbons (Fsp3) is 0.429. The minimum absolute atomic E-state index is 0.865. The van der Waals surface area contributed by atoms with Crippen LogP contribution in [0.2, 0.25) is 0 Å². The van der Waals surface area contributed by atoms with Crippen LogP contribution in [0.15, 0.2) is 36.9 Å². The average Bonchev–Trinajstić information content (AvgIpc) is 2.82. The Kier molecular flexibility index (Phi) is 5.06. The number of nitrogens with zero attached hydrogens (tertiary/aromatic N) is 4. The predicted molar refractivity (Wildman–Crippen MR) is 75.5 cm³/mol. The molecule has 0 fully saturated rings. The third-order valence-corrected chi connectivity index (χ3v) is 3.05. The predicted octanol–water partition coefficient (Wildman–Crippen LogP) is 1.04. The van der Waals surface area contributed by atoms with Gasteiger partial charge in [0.25, 0.3) is 0 Å². The van der Waals surface area contributed by atoms with E-state index in [0.29, 0.717) is 0 Å². The highest BCUT2D eigenvalue weighted by Gasteiger charge is 2.03. The van der Waals surface area contributed by atoms with Crippen LogP contribution in [0.1, 0.15) is 11.4 Å². The second-order valence-corrected chi connectivity index (χ2v) is 4.73. The number of pyridine rings is 1. The summed E-state index contributed by atoms with van der Waals surface area (Å²) in [6, 6.07) is 4.04. The molecule has 0 atom stereocenters. The summed E-state index contributed by atoms with van der Waals surface area (Å²) in [7, 11) is 4.14. The van der Waals surface area contributed by atoms with E-state index < -0.39 is 0 Å². The van der Waals surface area contributed by atoms with Crippen molar-refractivity contribution >= 4 is 0 Å². The molecule has 0 aliphatic heterocycles. The molecule has 0 unspecified atom stereocenters. The van der Waals surface area contributed by atoms with Crippen molar-refractivity contribution in [2.75, 3.05) is 20.1 Å². The smallest absolute Gasteiger partial charge is 0.122 e. The molecule has 2 aromatic heterocycles. The summed E-state index contributed by atoms with van der Waals surface area (Å²) in [5.74, 6) is 1.09. The third kappa shape index (κ3) is 4.46. The highest BCUT2D eigenvalue weighted by molar-refractivity contribution is 5.07. The van der Waals surface area contributed by atoms with E-state index in [9.17, 15) is 0 Å². The second-order valence-electron chi connectivity index (χ2n) is 4.73. The van der Waals surface area contributed by atoms with Crippen LogP contribution in [-0.4, -0.2) is 39.6 Å². The van der Waals surface area contributed by atoms with E-state index in [0.717, 1.165) is 32.0 Å². The zero-order valence-corrected chi connectivity index (χ0v) is 11.6. The lowest BCUT2D eigenvalue weighted by Crippen LogP contribution is -2.29. The summed E-state index contributed by atoms with van der Waals surface area (Å²) in [6.07, 6.45) is 7.50. The van der Waals surface area contributed by atoms with Crippen LogP contribution in [0, 0.1) is 0 Å². The molecule has 0 aromatic carbocycles. The van der Waals surface area contributed by atoms with Gasteiger partial charge >= 0.3 is 0 Å². The van der Waals surface area contributed by atoms with Gasteiger partial charge in [0.1, 0.15) is 5.82 Å². The monoisotopic (exact) mass is 259 g/mol. The first-order chi connectivity index (χ1) is 9.25. The Morgan fingerprint density at radius 2 is 2.26 bits per heavy atom. The molecule has 0 saturated carbocycles. The molecule has 0 radical (unpaired) electrons. The molecule has 0 aliphatic carbocycles. The molecule has 5 heteroatoms. The van der Waals surface area contributed by atoms with E-state index in [1.54, 1.807) is 6.20 Å². The first-order valence-corrected chi connectivity index (χ1v) is 6.50. The maximum Gasteiger partial charge on any atom is 0.122 e. The van der Waals surface area contributed by atoms with Crippen LogP contribution < -0.4 is 5.32 Å². The van der Waals surface area contributed by atoms with Crippen molar-refractivity contribution in [2.45, 2.75) is 13.1 Å². The number of aryl methyl sites for hydroxylation is 1. The molecule has 19 heavy (non-hydrogen) atoms. The first-order valence-electron chi connectivity index (χ1n) is 6.50. The number of hydrogen-bond donors (Lipinski definition) is 1. The Labute approximate surface area is 114 Å². The molecule has 1 N–H and O–H groups in total. The summed E-state index contributed by atoms with van der Waals surface area (Å²) >= 11 is 0. The van der Waals surface area contributed by atoms with Crippen molar-refractivity contribution in [1.82, 2.24) is 24.8 Å². The quantitative estimate of drug-likeness (QED) is 0.755. The van der Waals surface area contributed by atoms with Crippen LogP contribution in [0.3, 0.4) is 0 Å². The molecule has 5 nitrogen and oxygen atoms in total. The van der Waals surface area contributed by atoms with Gasteiger partial charge in [-0.2, -0.15) is 0 Å². The maximum absolute atomic E-state index is 4.32. The van der Waals surface area contributed by atoms with Crippen LogP contribution in [0.4, 0.5) is 0 Å². The molecule has 102 valence electrons. The second kappa shape index (κ2) is 7.01. The third-order valence-electron chi connectivity index (χ3n) is 3.05. The molecule has 2 heterocycles. The Balaban J connectivity index is 1.64. The fourth-order valence-corrected chi connectivity index (χ4v) is 1.87. The number of aromatic nitrogens is 3. The van der Waals surface area contributed by atoms with Gasteiger partial charge < -0.3 is 9.88 Å². The normalized spacial score (nSPS) is 11.1. The lowest BCUT2D eigenvalue weighted by Gasteiger charge is -2.16. The fourth-order valence-electron chi connectivity index (χ4n) is 1.87. The van der Waals surface area contributed by atoms with E-state index in [1.807, 2.05) is 31.7 Å². The summed E-state index contributed by atoms with van der Waals surface area (Å²) in [5, 5.41) is 3.42. The molecule has 0 saturated heterocycles. The van der Waals surface area contributed by atoms with Crippen LogP contribution in [0.25, 0.3) is 0 Å². The standard InChI is InChI=1S/C14H21N5/c1-18(12-14-17-7-9-19(14)2)8-6-16-11-13-4-3-5-15-10-13/h3-5,7,9-10,16H,6,8,11-12H2,1-2H3. The van der Waals surface area contributed by atoms with Gasteiger partial charge in [-0.05, 0) is 18.7 Å². The lowest BCUT2D eigenvalue weighted by molar-refractivity contribution is 0.312. The first kappa shape index (κ1) is 13.7. The minimum Gasteiger partial charge on any atom is -0.337 e. The highest BCUT2D eigenvalue weighted by Crippen LogP contribution is 1.98. The largest absolute Gasteiger partial charge is 0.337 e. The van der Waals surface area contributed by atoms with Gasteiger partial charge in [-0.3, -0.25) is 9.88 Å². The van der Waals surface area contributed by atoms with Gasteiger partial charge in [-0.25, -0.2) is 4.98 Å². The van der Waals surface area contributed by atoms with Crippen LogP contribution >= 0.6 is 0 Å². The Morgan fingerprint density at radius 3 is 2.95 bits per heavy atom. The maximum atomic E-state index is 4.32. The van der Waals surface area contributed by atoms with E-state index in [-0.39, 0.29) is 0 Å². The number of rotatable bonds is 7. The van der Waals surface area contributed by atoms with Crippen molar-refractivity contribution in [3.63, 3.8) is 0 Å². The van der Waals surface area contributed by atoms with E-state index in [1.165, 1.54) is 5.56 Å². The molecule has 0 bridgehead atoms. The van der Waals surface area contributed by atoms with Gasteiger partial charge in [0, 0.05) is 51.5 Å². The van der Waals surface area contributed by atoms with Gasteiger partial charge in [-0.15, -0.1) is 0 Å². The summed E-state index contributed by atoms with van der Waals surface area (Å²) in [4.78, 5) is 10.7.